The summed E-state index contributed by atoms with van der Waals surface area (Å²) in [5.74, 6) is -0.979. The normalized spacial score (nSPS) is 11.4. The van der Waals surface area contributed by atoms with Gasteiger partial charge in [0.1, 0.15) is 0 Å². The van der Waals surface area contributed by atoms with E-state index in [4.69, 9.17) is 11.6 Å². The number of nitrogens with one attached hydrogen (secondary N) is 1. The summed E-state index contributed by atoms with van der Waals surface area (Å²) in [6.45, 7) is -0.239. The number of halogens is 4. The van der Waals surface area contributed by atoms with Crippen LogP contribution < -0.4 is 5.32 Å². The van der Waals surface area contributed by atoms with Gasteiger partial charge in [0.2, 0.25) is 11.8 Å². The van der Waals surface area contributed by atoms with Crippen molar-refractivity contribution in [2.45, 2.75) is 6.18 Å². The van der Waals surface area contributed by atoms with Crippen molar-refractivity contribution in [3.8, 4) is 0 Å². The Morgan fingerprint density at radius 2 is 1.85 bits per heavy atom. The fourth-order valence-corrected chi connectivity index (χ4v) is 2.34. The Hall–Kier alpha value is -2.80. The molecule has 0 saturated heterocycles. The van der Waals surface area contributed by atoms with Crippen molar-refractivity contribution in [2.75, 3.05) is 18.9 Å². The number of para-hydroxylation sites is 1. The molecule has 2 amide bonds. The summed E-state index contributed by atoms with van der Waals surface area (Å²) < 4.78 is 38.1. The molecule has 1 N–H and O–H groups in total. The summed E-state index contributed by atoms with van der Waals surface area (Å²) in [6, 6.07) is 11.2. The molecule has 0 radical (unpaired) electrons. The van der Waals surface area contributed by atoms with Crippen molar-refractivity contribution in [2.24, 2.45) is 0 Å². The van der Waals surface area contributed by atoms with Gasteiger partial charge in [-0.25, -0.2) is 0 Å². The summed E-state index contributed by atoms with van der Waals surface area (Å²) in [5.41, 5.74) is -0.152. The Kier molecular flexibility index (Phi) is 6.63. The molecule has 0 atom stereocenters. The highest BCUT2D eigenvalue weighted by atomic mass is 35.5. The van der Waals surface area contributed by atoms with E-state index in [0.29, 0.717) is 10.7 Å². The molecule has 0 saturated carbocycles. The van der Waals surface area contributed by atoms with Crippen molar-refractivity contribution in [3.63, 3.8) is 0 Å². The maximum absolute atomic E-state index is 12.7. The minimum atomic E-state index is -4.46. The van der Waals surface area contributed by atoms with E-state index < -0.39 is 23.6 Å². The number of hydrogen-bond donors (Lipinski definition) is 1. The lowest BCUT2D eigenvalue weighted by molar-refractivity contribution is -0.137. The molecule has 27 heavy (non-hydrogen) atoms. The molecule has 8 heteroatoms. The number of amides is 2. The van der Waals surface area contributed by atoms with Gasteiger partial charge in [-0.3, -0.25) is 9.59 Å². The first-order valence-electron chi connectivity index (χ1n) is 7.81. The quantitative estimate of drug-likeness (QED) is 0.758. The van der Waals surface area contributed by atoms with Gasteiger partial charge in [0.15, 0.2) is 0 Å². The van der Waals surface area contributed by atoms with Crippen molar-refractivity contribution in [3.05, 3.63) is 70.8 Å². The number of alkyl halides is 3. The Morgan fingerprint density at radius 3 is 2.52 bits per heavy atom. The number of benzene rings is 2. The number of rotatable bonds is 5. The largest absolute Gasteiger partial charge is 0.416 e. The Labute approximate surface area is 159 Å². The third kappa shape index (κ3) is 6.14. The van der Waals surface area contributed by atoms with Gasteiger partial charge in [-0.15, -0.1) is 0 Å². The lowest BCUT2D eigenvalue weighted by atomic mass is 10.1. The summed E-state index contributed by atoms with van der Waals surface area (Å²) in [7, 11) is 1.41. The smallest absolute Gasteiger partial charge is 0.333 e. The molecular weight excluding hydrogens is 381 g/mol. The molecule has 4 nitrogen and oxygen atoms in total. The molecule has 0 heterocycles. The molecule has 2 aromatic rings. The van der Waals surface area contributed by atoms with Gasteiger partial charge in [-0.05, 0) is 35.9 Å². The predicted molar refractivity (Wildman–Crippen MR) is 98.2 cm³/mol. The molecule has 2 aromatic carbocycles. The summed E-state index contributed by atoms with van der Waals surface area (Å²) >= 11 is 5.94. The summed E-state index contributed by atoms with van der Waals surface area (Å²) in [6.07, 6.45) is -2.08. The van der Waals surface area contributed by atoms with Gasteiger partial charge in [-0.2, -0.15) is 13.2 Å². The fourth-order valence-electron chi connectivity index (χ4n) is 2.16. The van der Waals surface area contributed by atoms with Crippen molar-refractivity contribution in [1.29, 1.82) is 0 Å². The first kappa shape index (κ1) is 20.5. The molecule has 0 aromatic heterocycles. The molecule has 0 unspecified atom stereocenters. The molecule has 2 rings (SSSR count). The molecular formula is C19H16ClF3N2O2. The minimum absolute atomic E-state index is 0.229. The Balaban J connectivity index is 1.96. The highest BCUT2D eigenvalue weighted by Gasteiger charge is 2.30. The van der Waals surface area contributed by atoms with Crippen LogP contribution in [0.25, 0.3) is 6.08 Å². The second-order valence-corrected chi connectivity index (χ2v) is 6.09. The van der Waals surface area contributed by atoms with Gasteiger partial charge < -0.3 is 10.2 Å². The van der Waals surface area contributed by atoms with Crippen LogP contribution in [0.2, 0.25) is 5.02 Å². The maximum Gasteiger partial charge on any atom is 0.416 e. The third-order valence-electron chi connectivity index (χ3n) is 3.54. The maximum atomic E-state index is 12.7. The number of carbonyl (C=O) groups is 2. The Bertz CT molecular complexity index is 866. The molecule has 142 valence electrons. The first-order valence-corrected chi connectivity index (χ1v) is 8.19. The standard InChI is InChI=1S/C19H16ClF3N2O2/c1-25(12-17(26)24-16-8-3-2-7-15(16)20)18(27)10-9-13-5-4-6-14(11-13)19(21,22)23/h2-11H,12H2,1H3,(H,24,26)/b10-9+. The van der Waals surface area contributed by atoms with Gasteiger partial charge >= 0.3 is 6.18 Å². The average molecular weight is 397 g/mol. The summed E-state index contributed by atoms with van der Waals surface area (Å²) in [5, 5.41) is 2.95. The van der Waals surface area contributed by atoms with Crippen molar-refractivity contribution < 1.29 is 22.8 Å². The highest BCUT2D eigenvalue weighted by Crippen LogP contribution is 2.29. The zero-order chi connectivity index (χ0) is 20.0. The van der Waals surface area contributed by atoms with Gasteiger partial charge in [0, 0.05) is 13.1 Å². The number of nitrogens with zero attached hydrogens (tertiary/aromatic N) is 1. The second kappa shape index (κ2) is 8.73. The monoisotopic (exact) mass is 396 g/mol. The van der Waals surface area contributed by atoms with Crippen LogP contribution in [0.15, 0.2) is 54.6 Å². The number of likely N-dealkylation sites (N-methyl/N-ethyl adjacent to an activating group) is 1. The van der Waals surface area contributed by atoms with E-state index >= 15 is 0 Å². The van der Waals surface area contributed by atoms with Gasteiger partial charge in [0.25, 0.3) is 0 Å². The van der Waals surface area contributed by atoms with Gasteiger partial charge in [-0.1, -0.05) is 35.9 Å². The van der Waals surface area contributed by atoms with E-state index in [2.05, 4.69) is 5.32 Å². The first-order chi connectivity index (χ1) is 12.7. The van der Waals surface area contributed by atoms with E-state index in [9.17, 15) is 22.8 Å². The topological polar surface area (TPSA) is 49.4 Å². The molecule has 0 fully saturated rings. The molecule has 0 aliphatic heterocycles. The number of anilines is 1. The van der Waals surface area contributed by atoms with E-state index in [-0.39, 0.29) is 12.1 Å². The highest BCUT2D eigenvalue weighted by molar-refractivity contribution is 6.33. The number of carbonyl (C=O) groups excluding carboxylic acids is 2. The van der Waals surface area contributed by atoms with Crippen LogP contribution in [0.5, 0.6) is 0 Å². The van der Waals surface area contributed by atoms with E-state index in [1.807, 2.05) is 0 Å². The lowest BCUT2D eigenvalue weighted by Gasteiger charge is -2.15. The van der Waals surface area contributed by atoms with E-state index in [1.165, 1.54) is 25.3 Å². The van der Waals surface area contributed by atoms with E-state index in [0.717, 1.165) is 23.1 Å². The summed E-state index contributed by atoms with van der Waals surface area (Å²) in [4.78, 5) is 25.2. The van der Waals surface area contributed by atoms with Crippen LogP contribution in [-0.4, -0.2) is 30.3 Å². The van der Waals surface area contributed by atoms with Crippen LogP contribution in [0.1, 0.15) is 11.1 Å². The number of hydrogen-bond acceptors (Lipinski definition) is 2. The predicted octanol–water partition coefficient (Wildman–Crippen LogP) is 4.47. The SMILES string of the molecule is CN(CC(=O)Nc1ccccc1Cl)C(=O)/C=C/c1cccc(C(F)(F)F)c1. The lowest BCUT2D eigenvalue weighted by Crippen LogP contribution is -2.33. The van der Waals surface area contributed by atoms with Crippen LogP contribution in [0.4, 0.5) is 18.9 Å². The van der Waals surface area contributed by atoms with Crippen molar-refractivity contribution >= 4 is 35.2 Å². The van der Waals surface area contributed by atoms with E-state index in [1.54, 1.807) is 24.3 Å². The zero-order valence-electron chi connectivity index (χ0n) is 14.3. The molecule has 0 aliphatic carbocycles. The van der Waals surface area contributed by atoms with Crippen LogP contribution in [0.3, 0.4) is 0 Å². The van der Waals surface area contributed by atoms with Gasteiger partial charge in [0.05, 0.1) is 22.8 Å². The molecule has 0 aliphatic rings. The fraction of sp³-hybridized carbons (Fsp3) is 0.158. The molecule has 0 bridgehead atoms. The second-order valence-electron chi connectivity index (χ2n) is 5.68. The van der Waals surface area contributed by atoms with Crippen molar-refractivity contribution in [1.82, 2.24) is 4.90 Å². The molecule has 0 spiro atoms. The zero-order valence-corrected chi connectivity index (χ0v) is 15.0. The van der Waals surface area contributed by atoms with Crippen LogP contribution >= 0.6 is 11.6 Å². The minimum Gasteiger partial charge on any atom is -0.333 e. The van der Waals surface area contributed by atoms with Crippen LogP contribution in [-0.2, 0) is 15.8 Å². The van der Waals surface area contributed by atoms with Crippen LogP contribution in [0, 0.1) is 0 Å². The average Bonchev–Trinajstić information content (AvgIpc) is 2.61. The third-order valence-corrected chi connectivity index (χ3v) is 3.87. The Morgan fingerprint density at radius 1 is 1.15 bits per heavy atom.